The van der Waals surface area contributed by atoms with E-state index < -0.39 is 0 Å². The predicted octanol–water partition coefficient (Wildman–Crippen LogP) is 3.99. The third-order valence-corrected chi connectivity index (χ3v) is 4.65. The molecular formula is C20H30N2O3. The van der Waals surface area contributed by atoms with Gasteiger partial charge in [-0.1, -0.05) is 39.0 Å². The highest BCUT2D eigenvalue weighted by Gasteiger charge is 2.18. The van der Waals surface area contributed by atoms with E-state index in [9.17, 15) is 9.59 Å². The maximum absolute atomic E-state index is 12.1. The second-order valence-electron chi connectivity index (χ2n) is 6.79. The number of hydrogen-bond acceptors (Lipinski definition) is 3. The van der Waals surface area contributed by atoms with Crippen LogP contribution in [-0.2, 0) is 4.79 Å². The van der Waals surface area contributed by atoms with Crippen LogP contribution in [0.2, 0.25) is 0 Å². The van der Waals surface area contributed by atoms with Crippen molar-refractivity contribution in [3.8, 4) is 5.75 Å². The molecule has 2 rings (SSSR count). The molecule has 0 unspecified atom stereocenters. The molecule has 1 fully saturated rings. The molecule has 0 spiro atoms. The molecule has 0 radical (unpaired) electrons. The molecule has 2 amide bonds. The number of carbonyl (C=O) groups is 2. The highest BCUT2D eigenvalue weighted by Crippen LogP contribution is 2.27. The molecule has 1 aliphatic carbocycles. The number of amides is 2. The second-order valence-corrected chi connectivity index (χ2v) is 6.79. The molecule has 138 valence electrons. The Balaban J connectivity index is 1.67. The molecule has 1 aromatic carbocycles. The monoisotopic (exact) mass is 346 g/mol. The summed E-state index contributed by atoms with van der Waals surface area (Å²) in [5, 5.41) is 0. The fraction of sp³-hybridized carbons (Fsp3) is 0.600. The Labute approximate surface area is 150 Å². The van der Waals surface area contributed by atoms with Crippen LogP contribution in [0, 0.1) is 5.92 Å². The van der Waals surface area contributed by atoms with E-state index in [1.54, 1.807) is 24.3 Å². The van der Waals surface area contributed by atoms with Crippen molar-refractivity contribution in [3.05, 3.63) is 29.8 Å². The van der Waals surface area contributed by atoms with E-state index in [2.05, 4.69) is 17.8 Å². The zero-order valence-corrected chi connectivity index (χ0v) is 15.2. The summed E-state index contributed by atoms with van der Waals surface area (Å²) in [5.74, 6) is 0.797. The van der Waals surface area contributed by atoms with Crippen molar-refractivity contribution < 1.29 is 14.3 Å². The molecule has 25 heavy (non-hydrogen) atoms. The number of ether oxygens (including phenoxy) is 1. The number of hydrogen-bond donors (Lipinski definition) is 2. The van der Waals surface area contributed by atoms with Crippen molar-refractivity contribution in [1.82, 2.24) is 10.9 Å². The first-order valence-corrected chi connectivity index (χ1v) is 9.51. The lowest BCUT2D eigenvalue weighted by atomic mass is 10.0. The molecule has 0 atom stereocenters. The smallest absolute Gasteiger partial charge is 0.269 e. The van der Waals surface area contributed by atoms with Crippen LogP contribution in [0.3, 0.4) is 0 Å². The molecule has 0 saturated heterocycles. The van der Waals surface area contributed by atoms with Gasteiger partial charge < -0.3 is 4.74 Å². The zero-order valence-electron chi connectivity index (χ0n) is 15.2. The molecule has 1 aromatic rings. The van der Waals surface area contributed by atoms with Gasteiger partial charge in [0, 0.05) is 12.0 Å². The van der Waals surface area contributed by atoms with E-state index in [0.29, 0.717) is 24.5 Å². The van der Waals surface area contributed by atoms with Crippen molar-refractivity contribution in [1.29, 1.82) is 0 Å². The van der Waals surface area contributed by atoms with Crippen molar-refractivity contribution in [2.75, 3.05) is 6.61 Å². The number of rotatable bonds is 9. The van der Waals surface area contributed by atoms with Crippen LogP contribution in [0.4, 0.5) is 0 Å². The maximum atomic E-state index is 12.1. The lowest BCUT2D eigenvalue weighted by Gasteiger charge is -2.11. The van der Waals surface area contributed by atoms with Crippen molar-refractivity contribution >= 4 is 11.8 Å². The molecule has 1 saturated carbocycles. The van der Waals surface area contributed by atoms with E-state index in [1.165, 1.54) is 32.1 Å². The van der Waals surface area contributed by atoms with Gasteiger partial charge >= 0.3 is 0 Å². The predicted molar refractivity (Wildman–Crippen MR) is 98.3 cm³/mol. The normalized spacial score (nSPS) is 14.3. The summed E-state index contributed by atoms with van der Waals surface area (Å²) in [5.41, 5.74) is 5.49. The molecule has 0 heterocycles. The summed E-state index contributed by atoms with van der Waals surface area (Å²) in [6.45, 7) is 2.88. The van der Waals surface area contributed by atoms with E-state index in [-0.39, 0.29) is 11.8 Å². The van der Waals surface area contributed by atoms with Crippen LogP contribution in [0.15, 0.2) is 24.3 Å². The summed E-state index contributed by atoms with van der Waals surface area (Å²) >= 11 is 0. The fourth-order valence-corrected chi connectivity index (χ4v) is 3.15. The molecule has 5 heteroatoms. The van der Waals surface area contributed by atoms with E-state index >= 15 is 0 Å². The highest BCUT2D eigenvalue weighted by molar-refractivity contribution is 5.95. The van der Waals surface area contributed by atoms with E-state index in [0.717, 1.165) is 25.0 Å². The quantitative estimate of drug-likeness (QED) is 0.525. The molecule has 5 nitrogen and oxygen atoms in total. The van der Waals surface area contributed by atoms with Gasteiger partial charge in [0.05, 0.1) is 6.61 Å². The molecule has 1 aliphatic rings. The Kier molecular flexibility index (Phi) is 8.29. The van der Waals surface area contributed by atoms with Gasteiger partial charge in [-0.3, -0.25) is 20.4 Å². The summed E-state index contributed by atoms with van der Waals surface area (Å²) in [4.78, 5) is 23.9. The first kappa shape index (κ1) is 19.3. The van der Waals surface area contributed by atoms with Crippen molar-refractivity contribution in [2.24, 2.45) is 5.92 Å². The molecular weight excluding hydrogens is 316 g/mol. The third kappa shape index (κ3) is 7.16. The summed E-state index contributed by atoms with van der Waals surface area (Å²) in [6.07, 6.45) is 9.79. The Bertz CT molecular complexity index is 536. The maximum Gasteiger partial charge on any atom is 0.269 e. The number of hydrazine groups is 1. The SMILES string of the molecule is CCCCCCOc1ccc(C(=O)NNC(=O)CC2CCCC2)cc1. The van der Waals surface area contributed by atoms with Crippen LogP contribution >= 0.6 is 0 Å². The Morgan fingerprint density at radius 2 is 1.76 bits per heavy atom. The van der Waals surface area contributed by atoms with Gasteiger partial charge in [-0.25, -0.2) is 0 Å². The Morgan fingerprint density at radius 3 is 2.44 bits per heavy atom. The first-order valence-electron chi connectivity index (χ1n) is 9.51. The minimum absolute atomic E-state index is 0.118. The van der Waals surface area contributed by atoms with Crippen molar-refractivity contribution in [3.63, 3.8) is 0 Å². The largest absolute Gasteiger partial charge is 0.494 e. The Morgan fingerprint density at radius 1 is 1.04 bits per heavy atom. The molecule has 0 aliphatic heterocycles. The van der Waals surface area contributed by atoms with Crippen LogP contribution < -0.4 is 15.6 Å². The lowest BCUT2D eigenvalue weighted by Crippen LogP contribution is -2.42. The minimum Gasteiger partial charge on any atom is -0.494 e. The molecule has 0 aromatic heterocycles. The number of nitrogens with one attached hydrogen (secondary N) is 2. The highest BCUT2D eigenvalue weighted by atomic mass is 16.5. The van der Waals surface area contributed by atoms with Gasteiger partial charge in [0.25, 0.3) is 5.91 Å². The zero-order chi connectivity index (χ0) is 17.9. The molecule has 2 N–H and O–H groups in total. The third-order valence-electron chi connectivity index (χ3n) is 4.65. The van der Waals surface area contributed by atoms with E-state index in [1.807, 2.05) is 0 Å². The van der Waals surface area contributed by atoms with Gasteiger partial charge in [-0.05, 0) is 49.4 Å². The fourth-order valence-electron chi connectivity index (χ4n) is 3.15. The van der Waals surface area contributed by atoms with Gasteiger partial charge in [0.2, 0.25) is 5.91 Å². The topological polar surface area (TPSA) is 67.4 Å². The second kappa shape index (κ2) is 10.7. The summed E-state index contributed by atoms with van der Waals surface area (Å²) in [7, 11) is 0. The van der Waals surface area contributed by atoms with Crippen LogP contribution in [0.1, 0.15) is 75.1 Å². The molecule has 0 bridgehead atoms. The first-order chi connectivity index (χ1) is 12.2. The number of unbranched alkanes of at least 4 members (excludes halogenated alkanes) is 3. The summed E-state index contributed by atoms with van der Waals surface area (Å²) < 4.78 is 5.66. The van der Waals surface area contributed by atoms with Crippen LogP contribution in [0.5, 0.6) is 5.75 Å². The average molecular weight is 346 g/mol. The lowest BCUT2D eigenvalue weighted by molar-refractivity contribution is -0.122. The van der Waals surface area contributed by atoms with Gasteiger partial charge in [-0.15, -0.1) is 0 Å². The number of carbonyl (C=O) groups excluding carboxylic acids is 2. The van der Waals surface area contributed by atoms with Gasteiger partial charge in [-0.2, -0.15) is 0 Å². The van der Waals surface area contributed by atoms with Crippen LogP contribution in [-0.4, -0.2) is 18.4 Å². The van der Waals surface area contributed by atoms with Crippen LogP contribution in [0.25, 0.3) is 0 Å². The van der Waals surface area contributed by atoms with E-state index in [4.69, 9.17) is 4.74 Å². The Hall–Kier alpha value is -2.04. The van der Waals surface area contributed by atoms with Gasteiger partial charge in [0.1, 0.15) is 5.75 Å². The standard InChI is InChI=1S/C20H30N2O3/c1-2-3-4-7-14-25-18-12-10-17(11-13-18)20(24)22-21-19(23)15-16-8-5-6-9-16/h10-13,16H,2-9,14-15H2,1H3,(H,21,23)(H,22,24). The average Bonchev–Trinajstić information content (AvgIpc) is 3.13. The summed E-state index contributed by atoms with van der Waals surface area (Å²) in [6, 6.07) is 6.99. The van der Waals surface area contributed by atoms with Gasteiger partial charge in [0.15, 0.2) is 0 Å². The number of benzene rings is 1. The van der Waals surface area contributed by atoms with Crippen molar-refractivity contribution in [2.45, 2.75) is 64.7 Å². The minimum atomic E-state index is -0.311.